The van der Waals surface area contributed by atoms with Crippen LogP contribution in [-0.2, 0) is 4.79 Å². The first-order valence-corrected chi connectivity index (χ1v) is 8.61. The van der Waals surface area contributed by atoms with Crippen molar-refractivity contribution in [2.24, 2.45) is 11.8 Å². The van der Waals surface area contributed by atoms with Crippen molar-refractivity contribution in [3.63, 3.8) is 0 Å². The van der Waals surface area contributed by atoms with E-state index in [9.17, 15) is 4.79 Å². The van der Waals surface area contributed by atoms with Crippen LogP contribution in [-0.4, -0.2) is 19.0 Å². The number of hydrogen-bond acceptors (Lipinski definition) is 2. The Morgan fingerprint density at radius 3 is 2.86 bits per heavy atom. The second kappa shape index (κ2) is 9.53. The Kier molecular flexibility index (Phi) is 8.44. The summed E-state index contributed by atoms with van der Waals surface area (Å²) in [5, 5.41) is 6.54. The Hall–Kier alpha value is -0.580. The van der Waals surface area contributed by atoms with E-state index >= 15 is 0 Å². The van der Waals surface area contributed by atoms with E-state index in [2.05, 4.69) is 39.6 Å². The van der Waals surface area contributed by atoms with Gasteiger partial charge >= 0.3 is 0 Å². The van der Waals surface area contributed by atoms with Gasteiger partial charge in [-0.05, 0) is 62.4 Å². The van der Waals surface area contributed by atoms with Crippen LogP contribution in [0.1, 0.15) is 44.7 Å². The second-order valence-corrected chi connectivity index (χ2v) is 7.05. The van der Waals surface area contributed by atoms with Gasteiger partial charge in [-0.1, -0.05) is 35.0 Å². The smallest absolute Gasteiger partial charge is 0.220 e. The molecular weight excluding hydrogens is 364 g/mol. The molecule has 0 aliphatic carbocycles. The fraction of sp³-hybridized carbons (Fsp3) is 0.588. The summed E-state index contributed by atoms with van der Waals surface area (Å²) in [6.07, 6.45) is 3.08. The van der Waals surface area contributed by atoms with Gasteiger partial charge in [-0.15, -0.1) is 12.4 Å². The van der Waals surface area contributed by atoms with Gasteiger partial charge in [0.05, 0.1) is 6.04 Å². The van der Waals surface area contributed by atoms with E-state index in [1.54, 1.807) is 0 Å². The van der Waals surface area contributed by atoms with Crippen LogP contribution in [0.15, 0.2) is 28.7 Å². The lowest BCUT2D eigenvalue weighted by Crippen LogP contribution is -2.36. The summed E-state index contributed by atoms with van der Waals surface area (Å²) >= 11 is 3.47. The first-order valence-electron chi connectivity index (χ1n) is 7.82. The van der Waals surface area contributed by atoms with Crippen LogP contribution in [0.2, 0.25) is 0 Å². The van der Waals surface area contributed by atoms with Gasteiger partial charge in [0.25, 0.3) is 0 Å². The zero-order valence-corrected chi connectivity index (χ0v) is 15.7. The van der Waals surface area contributed by atoms with Gasteiger partial charge < -0.3 is 10.6 Å². The number of carbonyl (C=O) groups excluding carboxylic acids is 1. The van der Waals surface area contributed by atoms with E-state index in [1.807, 2.05) is 25.1 Å². The maximum atomic E-state index is 12.2. The number of carbonyl (C=O) groups is 1. The van der Waals surface area contributed by atoms with Crippen molar-refractivity contribution in [1.82, 2.24) is 10.6 Å². The molecule has 0 aromatic heterocycles. The number of benzene rings is 1. The van der Waals surface area contributed by atoms with Crippen LogP contribution >= 0.6 is 28.3 Å². The number of amides is 1. The highest BCUT2D eigenvalue weighted by Gasteiger charge is 2.22. The average Bonchev–Trinajstić information content (AvgIpc) is 2.48. The van der Waals surface area contributed by atoms with Gasteiger partial charge in [-0.3, -0.25) is 4.79 Å². The van der Waals surface area contributed by atoms with Gasteiger partial charge in [0.2, 0.25) is 5.91 Å². The fourth-order valence-electron chi connectivity index (χ4n) is 2.98. The van der Waals surface area contributed by atoms with Crippen LogP contribution < -0.4 is 10.6 Å². The molecule has 3 nitrogen and oxygen atoms in total. The molecule has 1 aliphatic heterocycles. The van der Waals surface area contributed by atoms with Crippen molar-refractivity contribution in [2.75, 3.05) is 13.1 Å². The SMILES string of the molecule is CC(NC(=O)CC(C)C1CCCNC1)c1cccc(Br)c1.Cl. The third-order valence-electron chi connectivity index (χ3n) is 4.37. The zero-order chi connectivity index (χ0) is 15.2. The molecule has 1 heterocycles. The van der Waals surface area contributed by atoms with Crippen molar-refractivity contribution >= 4 is 34.2 Å². The average molecular weight is 390 g/mol. The molecule has 1 aromatic rings. The monoisotopic (exact) mass is 388 g/mol. The third-order valence-corrected chi connectivity index (χ3v) is 4.87. The summed E-state index contributed by atoms with van der Waals surface area (Å²) in [7, 11) is 0. The molecule has 0 saturated carbocycles. The van der Waals surface area contributed by atoms with Crippen molar-refractivity contribution < 1.29 is 4.79 Å². The predicted molar refractivity (Wildman–Crippen MR) is 97.3 cm³/mol. The summed E-state index contributed by atoms with van der Waals surface area (Å²) in [5.41, 5.74) is 1.13. The highest BCUT2D eigenvalue weighted by Crippen LogP contribution is 2.23. The van der Waals surface area contributed by atoms with E-state index in [4.69, 9.17) is 0 Å². The summed E-state index contributed by atoms with van der Waals surface area (Å²) < 4.78 is 1.04. The van der Waals surface area contributed by atoms with Crippen LogP contribution in [0.5, 0.6) is 0 Å². The molecule has 2 N–H and O–H groups in total. The molecule has 0 spiro atoms. The van der Waals surface area contributed by atoms with E-state index in [0.717, 1.165) is 23.1 Å². The van der Waals surface area contributed by atoms with Crippen LogP contribution in [0.3, 0.4) is 0 Å². The van der Waals surface area contributed by atoms with E-state index < -0.39 is 0 Å². The van der Waals surface area contributed by atoms with Gasteiger partial charge in [-0.2, -0.15) is 0 Å². The summed E-state index contributed by atoms with van der Waals surface area (Å²) in [5.74, 6) is 1.22. The molecular formula is C17H26BrClN2O. The van der Waals surface area contributed by atoms with Crippen molar-refractivity contribution in [3.8, 4) is 0 Å². The van der Waals surface area contributed by atoms with Crippen LogP contribution in [0.25, 0.3) is 0 Å². The summed E-state index contributed by atoms with van der Waals surface area (Å²) in [6, 6.07) is 8.14. The minimum atomic E-state index is 0. The minimum Gasteiger partial charge on any atom is -0.350 e. The largest absolute Gasteiger partial charge is 0.350 e. The molecule has 5 heteroatoms. The fourth-order valence-corrected chi connectivity index (χ4v) is 3.40. The first kappa shape index (κ1) is 19.5. The van der Waals surface area contributed by atoms with Gasteiger partial charge in [0, 0.05) is 10.9 Å². The number of rotatable bonds is 5. The Labute approximate surface area is 148 Å². The molecule has 124 valence electrons. The standard InChI is InChI=1S/C17H25BrN2O.ClH/c1-12(15-6-4-8-19-11-15)9-17(21)20-13(2)14-5-3-7-16(18)10-14;/h3,5,7,10,12-13,15,19H,4,6,8-9,11H2,1-2H3,(H,20,21);1H. The molecule has 1 amide bonds. The molecule has 0 bridgehead atoms. The molecule has 1 aromatic carbocycles. The maximum Gasteiger partial charge on any atom is 0.220 e. The molecule has 2 rings (SSSR count). The highest BCUT2D eigenvalue weighted by atomic mass is 79.9. The lowest BCUT2D eigenvalue weighted by atomic mass is 9.85. The predicted octanol–water partition coefficient (Wildman–Crippen LogP) is 4.07. The molecule has 1 fully saturated rings. The Morgan fingerprint density at radius 2 is 2.23 bits per heavy atom. The lowest BCUT2D eigenvalue weighted by molar-refractivity contribution is -0.123. The maximum absolute atomic E-state index is 12.2. The molecule has 22 heavy (non-hydrogen) atoms. The molecule has 0 radical (unpaired) electrons. The molecule has 3 atom stereocenters. The van der Waals surface area contributed by atoms with Gasteiger partial charge in [0.15, 0.2) is 0 Å². The van der Waals surface area contributed by atoms with E-state index in [0.29, 0.717) is 18.3 Å². The molecule has 1 aliphatic rings. The Bertz CT molecular complexity index is 477. The lowest BCUT2D eigenvalue weighted by Gasteiger charge is -2.28. The first-order chi connectivity index (χ1) is 10.1. The van der Waals surface area contributed by atoms with E-state index in [1.165, 1.54) is 12.8 Å². The second-order valence-electron chi connectivity index (χ2n) is 6.13. The van der Waals surface area contributed by atoms with Gasteiger partial charge in [0.1, 0.15) is 0 Å². The summed E-state index contributed by atoms with van der Waals surface area (Å²) in [4.78, 5) is 12.2. The van der Waals surface area contributed by atoms with Gasteiger partial charge in [-0.25, -0.2) is 0 Å². The number of piperidine rings is 1. The quantitative estimate of drug-likeness (QED) is 0.797. The number of nitrogens with one attached hydrogen (secondary N) is 2. The van der Waals surface area contributed by atoms with Crippen molar-refractivity contribution in [2.45, 2.75) is 39.2 Å². The van der Waals surface area contributed by atoms with Crippen molar-refractivity contribution in [1.29, 1.82) is 0 Å². The van der Waals surface area contributed by atoms with E-state index in [-0.39, 0.29) is 24.4 Å². The van der Waals surface area contributed by atoms with Crippen LogP contribution in [0, 0.1) is 11.8 Å². The number of hydrogen-bond donors (Lipinski definition) is 2. The topological polar surface area (TPSA) is 41.1 Å². The summed E-state index contributed by atoms with van der Waals surface area (Å²) in [6.45, 7) is 6.40. The van der Waals surface area contributed by atoms with Crippen molar-refractivity contribution in [3.05, 3.63) is 34.3 Å². The van der Waals surface area contributed by atoms with Crippen LogP contribution in [0.4, 0.5) is 0 Å². The minimum absolute atomic E-state index is 0. The number of halogens is 2. The Balaban J connectivity index is 0.00000242. The highest BCUT2D eigenvalue weighted by molar-refractivity contribution is 9.10. The third kappa shape index (κ3) is 5.90. The zero-order valence-electron chi connectivity index (χ0n) is 13.3. The molecule has 1 saturated heterocycles. The normalized spacial score (nSPS) is 20.6. The molecule has 3 unspecified atom stereocenters. The Morgan fingerprint density at radius 1 is 1.45 bits per heavy atom.